The van der Waals surface area contributed by atoms with Gasteiger partial charge in [-0.2, -0.15) is 0 Å². The number of aryl methyl sites for hydroxylation is 1. The minimum atomic E-state index is -0.435. The summed E-state index contributed by atoms with van der Waals surface area (Å²) in [6.45, 7) is 8.54. The van der Waals surface area contributed by atoms with Crippen molar-refractivity contribution in [1.82, 2.24) is 10.6 Å². The molecule has 2 aliphatic rings. The molecule has 0 saturated carbocycles. The van der Waals surface area contributed by atoms with E-state index in [-0.39, 0.29) is 23.7 Å². The maximum absolute atomic E-state index is 13.2. The summed E-state index contributed by atoms with van der Waals surface area (Å²) in [5.41, 5.74) is 2.13. The van der Waals surface area contributed by atoms with Gasteiger partial charge in [0.05, 0.1) is 5.41 Å². The molecule has 1 amide bonds. The van der Waals surface area contributed by atoms with Crippen molar-refractivity contribution < 1.29 is 9.53 Å². The second kappa shape index (κ2) is 8.52. The summed E-state index contributed by atoms with van der Waals surface area (Å²) < 4.78 is 5.55. The molecule has 4 nitrogen and oxygen atoms in total. The van der Waals surface area contributed by atoms with Gasteiger partial charge in [-0.25, -0.2) is 0 Å². The predicted octanol–water partition coefficient (Wildman–Crippen LogP) is 2.97. The first-order valence-electron chi connectivity index (χ1n) is 9.18. The van der Waals surface area contributed by atoms with E-state index in [9.17, 15) is 4.79 Å². The number of amides is 1. The van der Waals surface area contributed by atoms with Crippen LogP contribution in [0.15, 0.2) is 24.3 Å². The number of ether oxygens (including phenoxy) is 1. The number of rotatable bonds is 4. The van der Waals surface area contributed by atoms with Gasteiger partial charge in [-0.3, -0.25) is 4.79 Å². The lowest BCUT2D eigenvalue weighted by Gasteiger charge is -2.39. The third-order valence-corrected chi connectivity index (χ3v) is 5.87. The van der Waals surface area contributed by atoms with Gasteiger partial charge >= 0.3 is 0 Å². The number of hydrogen-bond donors (Lipinski definition) is 2. The zero-order valence-corrected chi connectivity index (χ0v) is 16.2. The maximum Gasteiger partial charge on any atom is 0.230 e. The van der Waals surface area contributed by atoms with Crippen molar-refractivity contribution in [3.8, 4) is 0 Å². The zero-order valence-electron chi connectivity index (χ0n) is 15.4. The second-order valence-electron chi connectivity index (χ2n) is 7.80. The Kier molecular flexibility index (Phi) is 6.89. The second-order valence-corrected chi connectivity index (χ2v) is 7.80. The Morgan fingerprint density at radius 2 is 1.72 bits per heavy atom. The van der Waals surface area contributed by atoms with Crippen LogP contribution in [0.3, 0.4) is 0 Å². The van der Waals surface area contributed by atoms with Gasteiger partial charge in [0, 0.05) is 19.8 Å². The summed E-state index contributed by atoms with van der Waals surface area (Å²) >= 11 is 0. The molecule has 0 unspecified atom stereocenters. The van der Waals surface area contributed by atoms with Crippen LogP contribution >= 0.6 is 12.4 Å². The van der Waals surface area contributed by atoms with E-state index in [2.05, 4.69) is 48.7 Å². The molecule has 0 radical (unpaired) electrons. The third kappa shape index (κ3) is 4.55. The van der Waals surface area contributed by atoms with E-state index >= 15 is 0 Å². The Morgan fingerprint density at radius 3 is 2.32 bits per heavy atom. The van der Waals surface area contributed by atoms with E-state index in [1.165, 1.54) is 5.56 Å². The number of nitrogens with one attached hydrogen (secondary N) is 2. The molecule has 140 valence electrons. The molecule has 0 aromatic heterocycles. The molecule has 2 aliphatic heterocycles. The molecule has 1 aromatic rings. The minimum absolute atomic E-state index is 0. The van der Waals surface area contributed by atoms with Crippen molar-refractivity contribution in [2.24, 2.45) is 5.41 Å². The Hall–Kier alpha value is -1.10. The molecule has 2 saturated heterocycles. The first-order valence-corrected chi connectivity index (χ1v) is 9.18. The van der Waals surface area contributed by atoms with Crippen molar-refractivity contribution in [3.63, 3.8) is 0 Å². The van der Waals surface area contributed by atoms with E-state index in [4.69, 9.17) is 4.74 Å². The first kappa shape index (κ1) is 20.2. The molecule has 25 heavy (non-hydrogen) atoms. The van der Waals surface area contributed by atoms with Crippen LogP contribution < -0.4 is 10.6 Å². The molecule has 2 heterocycles. The molecule has 1 aromatic carbocycles. The number of hydrogen-bond acceptors (Lipinski definition) is 3. The van der Waals surface area contributed by atoms with Gasteiger partial charge in [0.2, 0.25) is 5.91 Å². The van der Waals surface area contributed by atoms with Crippen molar-refractivity contribution in [2.75, 3.05) is 32.8 Å². The van der Waals surface area contributed by atoms with Crippen LogP contribution in [0, 0.1) is 12.3 Å². The lowest BCUT2D eigenvalue weighted by molar-refractivity contribution is -0.131. The Labute approximate surface area is 157 Å². The maximum atomic E-state index is 13.2. The van der Waals surface area contributed by atoms with E-state index in [0.717, 1.165) is 50.9 Å². The fraction of sp³-hybridized carbons (Fsp3) is 0.650. The fourth-order valence-electron chi connectivity index (χ4n) is 3.91. The highest BCUT2D eigenvalue weighted by atomic mass is 35.5. The molecular formula is C20H31ClN2O2. The smallest absolute Gasteiger partial charge is 0.230 e. The largest absolute Gasteiger partial charge is 0.381 e. The van der Waals surface area contributed by atoms with E-state index < -0.39 is 5.41 Å². The minimum Gasteiger partial charge on any atom is -0.381 e. The summed E-state index contributed by atoms with van der Waals surface area (Å²) in [6.07, 6.45) is 3.77. The number of benzene rings is 1. The normalized spacial score (nSPS) is 21.8. The zero-order chi connectivity index (χ0) is 17.0. The van der Waals surface area contributed by atoms with Gasteiger partial charge in [0.25, 0.3) is 0 Å². The highest BCUT2D eigenvalue weighted by molar-refractivity contribution is 5.88. The molecule has 0 atom stereocenters. The van der Waals surface area contributed by atoms with Crippen LogP contribution in [0.2, 0.25) is 0 Å². The monoisotopic (exact) mass is 366 g/mol. The average Bonchev–Trinajstić information content (AvgIpc) is 2.61. The SMILES string of the molecule is Cc1ccc(C2(C(=O)NCC3(C)CCNCC3)CCOCC2)cc1.Cl. The van der Waals surface area contributed by atoms with Crippen molar-refractivity contribution in [3.05, 3.63) is 35.4 Å². The van der Waals surface area contributed by atoms with Crippen LogP contribution in [0.25, 0.3) is 0 Å². The van der Waals surface area contributed by atoms with Crippen LogP contribution in [0.1, 0.15) is 43.7 Å². The summed E-state index contributed by atoms with van der Waals surface area (Å²) in [6, 6.07) is 8.45. The standard InChI is InChI=1S/C20H30N2O2.ClH/c1-16-3-5-17(6-4-16)20(9-13-24-14-10-20)18(23)22-15-19(2)7-11-21-12-8-19;/h3-6,21H,7-15H2,1-2H3,(H,22,23);1H. The number of halogens is 1. The average molecular weight is 367 g/mol. The summed E-state index contributed by atoms with van der Waals surface area (Å²) in [4.78, 5) is 13.2. The Morgan fingerprint density at radius 1 is 1.12 bits per heavy atom. The molecular weight excluding hydrogens is 336 g/mol. The van der Waals surface area contributed by atoms with Crippen molar-refractivity contribution in [1.29, 1.82) is 0 Å². The third-order valence-electron chi connectivity index (χ3n) is 5.87. The Bertz CT molecular complexity index is 562. The van der Waals surface area contributed by atoms with Crippen LogP contribution in [-0.4, -0.2) is 38.8 Å². The molecule has 0 spiro atoms. The number of piperidine rings is 1. The van der Waals surface area contributed by atoms with Crippen LogP contribution in [0.5, 0.6) is 0 Å². The van der Waals surface area contributed by atoms with Gasteiger partial charge in [0.1, 0.15) is 0 Å². The van der Waals surface area contributed by atoms with Gasteiger partial charge < -0.3 is 15.4 Å². The first-order chi connectivity index (χ1) is 11.5. The van der Waals surface area contributed by atoms with Crippen LogP contribution in [0.4, 0.5) is 0 Å². The van der Waals surface area contributed by atoms with E-state index in [1.807, 2.05) is 0 Å². The quantitative estimate of drug-likeness (QED) is 0.861. The topological polar surface area (TPSA) is 50.4 Å². The van der Waals surface area contributed by atoms with Gasteiger partial charge in [-0.15, -0.1) is 12.4 Å². The Balaban J connectivity index is 0.00000225. The van der Waals surface area contributed by atoms with E-state index in [1.54, 1.807) is 0 Å². The molecule has 2 fully saturated rings. The van der Waals surface area contributed by atoms with Gasteiger partial charge in [0.15, 0.2) is 0 Å². The lowest BCUT2D eigenvalue weighted by Crippen LogP contribution is -2.51. The van der Waals surface area contributed by atoms with Crippen molar-refractivity contribution in [2.45, 2.75) is 44.9 Å². The predicted molar refractivity (Wildman–Crippen MR) is 103 cm³/mol. The van der Waals surface area contributed by atoms with Gasteiger partial charge in [-0.05, 0) is 56.7 Å². The lowest BCUT2D eigenvalue weighted by atomic mass is 9.72. The summed E-state index contributed by atoms with van der Waals surface area (Å²) in [5, 5.41) is 6.69. The summed E-state index contributed by atoms with van der Waals surface area (Å²) in [7, 11) is 0. The number of carbonyl (C=O) groups is 1. The van der Waals surface area contributed by atoms with Gasteiger partial charge in [-0.1, -0.05) is 36.8 Å². The molecule has 2 N–H and O–H groups in total. The molecule has 3 rings (SSSR count). The van der Waals surface area contributed by atoms with Crippen LogP contribution in [-0.2, 0) is 14.9 Å². The number of carbonyl (C=O) groups excluding carboxylic acids is 1. The highest BCUT2D eigenvalue weighted by Gasteiger charge is 2.42. The van der Waals surface area contributed by atoms with Crippen molar-refractivity contribution >= 4 is 18.3 Å². The van der Waals surface area contributed by atoms with E-state index in [0.29, 0.717) is 13.2 Å². The molecule has 5 heteroatoms. The molecule has 0 bridgehead atoms. The highest BCUT2D eigenvalue weighted by Crippen LogP contribution is 2.36. The molecule has 0 aliphatic carbocycles. The summed E-state index contributed by atoms with van der Waals surface area (Å²) in [5.74, 6) is 0.175. The fourth-order valence-corrected chi connectivity index (χ4v) is 3.91.